The summed E-state index contributed by atoms with van der Waals surface area (Å²) < 4.78 is 40.2. The summed E-state index contributed by atoms with van der Waals surface area (Å²) >= 11 is 0. The largest absolute Gasteiger partial charge is 0.497 e. The molecule has 152 valence electrons. The van der Waals surface area contributed by atoms with Crippen molar-refractivity contribution in [3.8, 4) is 11.5 Å². The molecule has 0 spiro atoms. The van der Waals surface area contributed by atoms with Gasteiger partial charge >= 0.3 is 0 Å². The van der Waals surface area contributed by atoms with Crippen LogP contribution in [0.15, 0.2) is 35.2 Å². The molecule has 0 fully saturated rings. The summed E-state index contributed by atoms with van der Waals surface area (Å²) in [5, 5.41) is 0. The maximum atomic E-state index is 13.3. The topological polar surface area (TPSA) is 64.6 Å². The fourth-order valence-corrected chi connectivity index (χ4v) is 5.40. The summed E-state index contributed by atoms with van der Waals surface area (Å²) in [6, 6.07) is 9.19. The van der Waals surface area contributed by atoms with Gasteiger partial charge in [0.1, 0.15) is 11.5 Å². The number of hydrogen-bond donors (Lipinski definition) is 1. The van der Waals surface area contributed by atoms with Gasteiger partial charge in [0.15, 0.2) is 0 Å². The minimum Gasteiger partial charge on any atom is -0.497 e. The van der Waals surface area contributed by atoms with E-state index in [0.717, 1.165) is 47.5 Å². The molecule has 5 nitrogen and oxygen atoms in total. The van der Waals surface area contributed by atoms with Crippen LogP contribution in [0, 0.1) is 6.92 Å². The number of nitrogens with one attached hydrogen (secondary N) is 1. The van der Waals surface area contributed by atoms with Crippen LogP contribution in [-0.2, 0) is 16.4 Å². The third-order valence-electron chi connectivity index (χ3n) is 5.40. The SMILES string of the molecule is COc1ccc2c(c1)CCC[C@H]2NS(=O)(=O)c1cc(C(C)C)c(OC)cc1C. The predicted octanol–water partition coefficient (Wildman–Crippen LogP) is 4.49. The molecule has 0 amide bonds. The maximum absolute atomic E-state index is 13.3. The zero-order chi connectivity index (χ0) is 20.5. The number of methoxy groups -OCH3 is 2. The quantitative estimate of drug-likeness (QED) is 0.772. The van der Waals surface area contributed by atoms with Crippen LogP contribution >= 0.6 is 0 Å². The monoisotopic (exact) mass is 403 g/mol. The van der Waals surface area contributed by atoms with Crippen LogP contribution in [0.5, 0.6) is 11.5 Å². The third-order valence-corrected chi connectivity index (χ3v) is 7.01. The molecular formula is C22H29NO4S. The van der Waals surface area contributed by atoms with Crippen molar-refractivity contribution in [2.24, 2.45) is 0 Å². The lowest BCUT2D eigenvalue weighted by Gasteiger charge is -2.27. The van der Waals surface area contributed by atoms with Gasteiger partial charge in [-0.2, -0.15) is 0 Å². The Kier molecular flexibility index (Phi) is 6.01. The summed E-state index contributed by atoms with van der Waals surface area (Å²) in [5.41, 5.74) is 3.75. The average molecular weight is 404 g/mol. The van der Waals surface area contributed by atoms with Crippen molar-refractivity contribution in [3.05, 3.63) is 52.6 Å². The van der Waals surface area contributed by atoms with Gasteiger partial charge in [-0.15, -0.1) is 0 Å². The van der Waals surface area contributed by atoms with Gasteiger partial charge in [-0.1, -0.05) is 19.9 Å². The molecule has 2 aromatic carbocycles. The van der Waals surface area contributed by atoms with E-state index in [4.69, 9.17) is 9.47 Å². The molecule has 0 aliphatic heterocycles. The highest BCUT2D eigenvalue weighted by atomic mass is 32.2. The van der Waals surface area contributed by atoms with E-state index in [0.29, 0.717) is 10.5 Å². The second-order valence-electron chi connectivity index (χ2n) is 7.65. The van der Waals surface area contributed by atoms with E-state index < -0.39 is 10.0 Å². The highest BCUT2D eigenvalue weighted by molar-refractivity contribution is 7.89. The van der Waals surface area contributed by atoms with E-state index in [1.807, 2.05) is 38.1 Å². The van der Waals surface area contributed by atoms with Gasteiger partial charge in [0.05, 0.1) is 19.1 Å². The van der Waals surface area contributed by atoms with E-state index in [-0.39, 0.29) is 12.0 Å². The number of aryl methyl sites for hydroxylation is 2. The minimum atomic E-state index is -3.67. The van der Waals surface area contributed by atoms with Gasteiger partial charge in [0, 0.05) is 6.04 Å². The Hall–Kier alpha value is -2.05. The van der Waals surface area contributed by atoms with Crippen molar-refractivity contribution in [2.45, 2.75) is 56.9 Å². The van der Waals surface area contributed by atoms with E-state index in [1.165, 1.54) is 0 Å². The lowest BCUT2D eigenvalue weighted by molar-refractivity contribution is 0.406. The molecule has 0 saturated carbocycles. The lowest BCUT2D eigenvalue weighted by atomic mass is 9.88. The summed E-state index contributed by atoms with van der Waals surface area (Å²) in [7, 11) is -0.413. The highest BCUT2D eigenvalue weighted by Crippen LogP contribution is 2.35. The Morgan fingerprint density at radius 2 is 1.86 bits per heavy atom. The van der Waals surface area contributed by atoms with Gasteiger partial charge in [-0.25, -0.2) is 13.1 Å². The Morgan fingerprint density at radius 1 is 1.11 bits per heavy atom. The van der Waals surface area contributed by atoms with Crippen molar-refractivity contribution in [1.82, 2.24) is 4.72 Å². The number of ether oxygens (including phenoxy) is 2. The van der Waals surface area contributed by atoms with Gasteiger partial charge < -0.3 is 9.47 Å². The Balaban J connectivity index is 1.97. The van der Waals surface area contributed by atoms with Crippen LogP contribution in [-0.4, -0.2) is 22.6 Å². The van der Waals surface area contributed by atoms with Crippen molar-refractivity contribution >= 4 is 10.0 Å². The lowest BCUT2D eigenvalue weighted by Crippen LogP contribution is -2.31. The van der Waals surface area contributed by atoms with Gasteiger partial charge in [-0.05, 0) is 78.6 Å². The average Bonchev–Trinajstić information content (AvgIpc) is 2.66. The molecular weight excluding hydrogens is 374 g/mol. The van der Waals surface area contributed by atoms with Gasteiger partial charge in [0.25, 0.3) is 0 Å². The van der Waals surface area contributed by atoms with Crippen LogP contribution < -0.4 is 14.2 Å². The zero-order valence-corrected chi connectivity index (χ0v) is 18.0. The van der Waals surface area contributed by atoms with Crippen molar-refractivity contribution < 1.29 is 17.9 Å². The zero-order valence-electron chi connectivity index (χ0n) is 17.2. The van der Waals surface area contributed by atoms with Crippen LogP contribution in [0.3, 0.4) is 0 Å². The van der Waals surface area contributed by atoms with E-state index in [2.05, 4.69) is 4.72 Å². The van der Waals surface area contributed by atoms with Crippen LogP contribution in [0.25, 0.3) is 0 Å². The van der Waals surface area contributed by atoms with Crippen LogP contribution in [0.1, 0.15) is 60.9 Å². The minimum absolute atomic E-state index is 0.160. The molecule has 28 heavy (non-hydrogen) atoms. The van der Waals surface area contributed by atoms with Crippen molar-refractivity contribution in [2.75, 3.05) is 14.2 Å². The summed E-state index contributed by atoms with van der Waals surface area (Å²) in [5.74, 6) is 1.68. The molecule has 1 aliphatic rings. The van der Waals surface area contributed by atoms with Crippen LogP contribution in [0.4, 0.5) is 0 Å². The Labute approximate surface area is 168 Å². The molecule has 3 rings (SSSR count). The van der Waals surface area contributed by atoms with Crippen molar-refractivity contribution in [3.63, 3.8) is 0 Å². The Morgan fingerprint density at radius 3 is 2.50 bits per heavy atom. The maximum Gasteiger partial charge on any atom is 0.241 e. The van der Waals surface area contributed by atoms with E-state index >= 15 is 0 Å². The molecule has 0 heterocycles. The number of rotatable bonds is 6. The Bertz CT molecular complexity index is 967. The summed E-state index contributed by atoms with van der Waals surface area (Å²) in [6.07, 6.45) is 2.65. The molecule has 0 saturated heterocycles. The molecule has 0 radical (unpaired) electrons. The summed E-state index contributed by atoms with van der Waals surface area (Å²) in [6.45, 7) is 5.87. The molecule has 1 N–H and O–H groups in total. The first kappa shape index (κ1) is 20.7. The fourth-order valence-electron chi connectivity index (χ4n) is 3.89. The fraction of sp³-hybridized carbons (Fsp3) is 0.455. The first-order valence-electron chi connectivity index (χ1n) is 9.64. The van der Waals surface area contributed by atoms with Crippen LogP contribution in [0.2, 0.25) is 0 Å². The predicted molar refractivity (Wildman–Crippen MR) is 111 cm³/mol. The van der Waals surface area contributed by atoms with Crippen molar-refractivity contribution in [1.29, 1.82) is 0 Å². The molecule has 2 aromatic rings. The number of sulfonamides is 1. The summed E-state index contributed by atoms with van der Waals surface area (Å²) in [4.78, 5) is 0.317. The molecule has 0 unspecified atom stereocenters. The second-order valence-corrected chi connectivity index (χ2v) is 9.33. The third kappa shape index (κ3) is 4.03. The second kappa shape index (κ2) is 8.13. The smallest absolute Gasteiger partial charge is 0.241 e. The first-order chi connectivity index (χ1) is 13.3. The van der Waals surface area contributed by atoms with Gasteiger partial charge in [0.2, 0.25) is 10.0 Å². The molecule has 1 aliphatic carbocycles. The number of hydrogen-bond acceptors (Lipinski definition) is 4. The molecule has 0 aromatic heterocycles. The van der Waals surface area contributed by atoms with Gasteiger partial charge in [-0.3, -0.25) is 0 Å². The number of benzene rings is 2. The highest BCUT2D eigenvalue weighted by Gasteiger charge is 2.28. The first-order valence-corrected chi connectivity index (χ1v) is 11.1. The molecule has 0 bridgehead atoms. The standard InChI is InChI=1S/C22H29NO4S/c1-14(2)19-13-22(15(3)11-21(19)27-5)28(24,25)23-20-8-6-7-16-12-17(26-4)9-10-18(16)20/h9-14,20,23H,6-8H2,1-5H3/t20-/m1/s1. The number of fused-ring (bicyclic) bond motifs is 1. The molecule has 6 heteroatoms. The molecule has 1 atom stereocenters. The normalized spacial score (nSPS) is 16.7. The van der Waals surface area contributed by atoms with E-state index in [9.17, 15) is 8.42 Å². The van der Waals surface area contributed by atoms with E-state index in [1.54, 1.807) is 27.2 Å².